The second-order valence-corrected chi connectivity index (χ2v) is 4.71. The van der Waals surface area contributed by atoms with Crippen LogP contribution in [0.5, 0.6) is 5.75 Å². The first kappa shape index (κ1) is 15.1. The highest BCUT2D eigenvalue weighted by molar-refractivity contribution is 5.98. The molecule has 0 atom stereocenters. The summed E-state index contributed by atoms with van der Waals surface area (Å²) in [6.07, 6.45) is 0. The van der Waals surface area contributed by atoms with Crippen LogP contribution in [0.15, 0.2) is 27.4 Å². The number of ketones is 1. The lowest BCUT2D eigenvalue weighted by atomic mass is 10.1. The van der Waals surface area contributed by atoms with Gasteiger partial charge in [-0.05, 0) is 39.0 Å². The molecule has 1 aromatic carbocycles. The minimum atomic E-state index is -0.634. The molecule has 0 aliphatic carbocycles. The molecule has 112 valence electrons. The van der Waals surface area contributed by atoms with Crippen LogP contribution in [0.1, 0.15) is 31.1 Å². The van der Waals surface area contributed by atoms with Crippen LogP contribution in [-0.4, -0.2) is 26.0 Å². The van der Waals surface area contributed by atoms with E-state index in [4.69, 9.17) is 9.15 Å². The third kappa shape index (κ3) is 2.63. The van der Waals surface area contributed by atoms with Crippen molar-refractivity contribution in [1.29, 1.82) is 0 Å². The highest BCUT2D eigenvalue weighted by Crippen LogP contribution is 2.35. The molecule has 0 radical (unpaired) electrons. The quantitative estimate of drug-likeness (QED) is 0.625. The molecule has 0 saturated carbocycles. The van der Waals surface area contributed by atoms with Crippen LogP contribution in [0.4, 0.5) is 5.69 Å². The third-order valence-electron chi connectivity index (χ3n) is 3.52. The molecule has 2 rings (SSSR count). The van der Waals surface area contributed by atoms with Crippen LogP contribution in [0, 0.1) is 0 Å². The van der Waals surface area contributed by atoms with E-state index >= 15 is 0 Å². The number of Topliss-reactive ketones (excluding diaryl/α,β-unsaturated/α-hetero) is 1. The second kappa shape index (κ2) is 5.99. The van der Waals surface area contributed by atoms with Crippen molar-refractivity contribution in [1.82, 2.24) is 0 Å². The summed E-state index contributed by atoms with van der Waals surface area (Å²) in [7, 11) is 1.54. The Morgan fingerprint density at radius 3 is 2.48 bits per heavy atom. The minimum Gasteiger partial charge on any atom is -0.491 e. The largest absolute Gasteiger partial charge is 0.491 e. The fraction of sp³-hybridized carbons (Fsp3) is 0.375. The van der Waals surface area contributed by atoms with E-state index in [1.54, 1.807) is 13.2 Å². The predicted molar refractivity (Wildman–Crippen MR) is 82.6 cm³/mol. The van der Waals surface area contributed by atoms with Crippen LogP contribution in [0.25, 0.3) is 11.0 Å². The molecule has 0 N–H and O–H groups in total. The zero-order valence-electron chi connectivity index (χ0n) is 12.7. The van der Waals surface area contributed by atoms with Crippen molar-refractivity contribution in [2.75, 3.05) is 25.1 Å². The van der Waals surface area contributed by atoms with Crippen LogP contribution >= 0.6 is 0 Å². The van der Waals surface area contributed by atoms with E-state index in [0.29, 0.717) is 16.7 Å². The van der Waals surface area contributed by atoms with Crippen LogP contribution < -0.4 is 15.3 Å². The van der Waals surface area contributed by atoms with Crippen LogP contribution in [-0.2, 0) is 0 Å². The second-order valence-electron chi connectivity index (χ2n) is 4.71. The van der Waals surface area contributed by atoms with Gasteiger partial charge in [0, 0.05) is 18.5 Å². The number of benzene rings is 1. The van der Waals surface area contributed by atoms with Crippen molar-refractivity contribution in [3.8, 4) is 5.75 Å². The molecule has 21 heavy (non-hydrogen) atoms. The highest BCUT2D eigenvalue weighted by Gasteiger charge is 2.17. The fourth-order valence-corrected chi connectivity index (χ4v) is 2.40. The lowest BCUT2D eigenvalue weighted by Crippen LogP contribution is -2.22. The zero-order valence-corrected chi connectivity index (χ0v) is 12.7. The molecule has 2 aromatic rings. The fourth-order valence-electron chi connectivity index (χ4n) is 2.40. The lowest BCUT2D eigenvalue weighted by Gasteiger charge is -2.23. The normalized spacial score (nSPS) is 10.7. The Bertz CT molecular complexity index is 729. The summed E-state index contributed by atoms with van der Waals surface area (Å²) >= 11 is 0. The van der Waals surface area contributed by atoms with Gasteiger partial charge in [0.25, 0.3) is 0 Å². The van der Waals surface area contributed by atoms with Crippen molar-refractivity contribution in [3.05, 3.63) is 34.2 Å². The van der Waals surface area contributed by atoms with Crippen molar-refractivity contribution in [2.24, 2.45) is 0 Å². The number of hydrogen-bond donors (Lipinski definition) is 0. The molecule has 0 amide bonds. The molecule has 5 nitrogen and oxygen atoms in total. The molecule has 5 heteroatoms. The monoisotopic (exact) mass is 289 g/mol. The lowest BCUT2D eigenvalue weighted by molar-refractivity contribution is 0.101. The van der Waals surface area contributed by atoms with Crippen molar-refractivity contribution >= 4 is 22.4 Å². The van der Waals surface area contributed by atoms with Crippen molar-refractivity contribution in [3.63, 3.8) is 0 Å². The Kier molecular flexibility index (Phi) is 4.31. The molecule has 1 heterocycles. The maximum absolute atomic E-state index is 11.9. The number of carbonyl (C=O) groups excluding carboxylic acids is 1. The van der Waals surface area contributed by atoms with Gasteiger partial charge in [0.1, 0.15) is 5.56 Å². The minimum absolute atomic E-state index is 0.0557. The van der Waals surface area contributed by atoms with Gasteiger partial charge in [0.15, 0.2) is 17.1 Å². The molecule has 0 aliphatic rings. The van der Waals surface area contributed by atoms with E-state index in [-0.39, 0.29) is 11.3 Å². The van der Waals surface area contributed by atoms with Crippen LogP contribution in [0.3, 0.4) is 0 Å². The number of rotatable bonds is 5. The first-order valence-corrected chi connectivity index (χ1v) is 6.94. The Morgan fingerprint density at radius 1 is 1.29 bits per heavy atom. The Morgan fingerprint density at radius 2 is 1.95 bits per heavy atom. The number of nitrogens with zero attached hydrogens (tertiary/aromatic N) is 1. The first-order chi connectivity index (χ1) is 10.0. The number of ether oxygens (including phenoxy) is 1. The molecule has 0 fully saturated rings. The number of methoxy groups -OCH3 is 1. The van der Waals surface area contributed by atoms with Gasteiger partial charge in [-0.3, -0.25) is 4.79 Å². The van der Waals surface area contributed by atoms with E-state index in [1.807, 2.05) is 26.0 Å². The maximum Gasteiger partial charge on any atom is 0.347 e. The number of carbonyl (C=O) groups is 1. The van der Waals surface area contributed by atoms with E-state index in [0.717, 1.165) is 18.8 Å². The smallest absolute Gasteiger partial charge is 0.347 e. The number of fused-ring (bicyclic) bond motifs is 1. The van der Waals surface area contributed by atoms with Gasteiger partial charge < -0.3 is 14.1 Å². The van der Waals surface area contributed by atoms with E-state index in [9.17, 15) is 9.59 Å². The molecule has 0 spiro atoms. The Hall–Kier alpha value is -2.30. The summed E-state index contributed by atoms with van der Waals surface area (Å²) in [5, 5.41) is 0.674. The van der Waals surface area contributed by atoms with Crippen molar-refractivity contribution in [2.45, 2.75) is 20.8 Å². The van der Waals surface area contributed by atoms with Gasteiger partial charge in [0.2, 0.25) is 0 Å². The third-order valence-corrected chi connectivity index (χ3v) is 3.52. The van der Waals surface area contributed by atoms with Crippen molar-refractivity contribution < 1.29 is 13.9 Å². The predicted octanol–water partition coefficient (Wildman–Crippen LogP) is 2.85. The molecule has 0 bridgehead atoms. The van der Waals surface area contributed by atoms with Crippen LogP contribution in [0.2, 0.25) is 0 Å². The average molecular weight is 289 g/mol. The summed E-state index contributed by atoms with van der Waals surface area (Å²) in [4.78, 5) is 25.4. The van der Waals surface area contributed by atoms with Gasteiger partial charge in [-0.1, -0.05) is 0 Å². The topological polar surface area (TPSA) is 59.8 Å². The summed E-state index contributed by atoms with van der Waals surface area (Å²) in [6.45, 7) is 7.06. The molecular weight excluding hydrogens is 270 g/mol. The molecule has 0 saturated heterocycles. The van der Waals surface area contributed by atoms with Gasteiger partial charge in [-0.25, -0.2) is 4.79 Å². The number of anilines is 1. The molecular formula is C16H19NO4. The van der Waals surface area contributed by atoms with E-state index in [1.165, 1.54) is 6.92 Å². The summed E-state index contributed by atoms with van der Waals surface area (Å²) in [5.41, 5.74) is 0.663. The van der Waals surface area contributed by atoms with Gasteiger partial charge in [-0.2, -0.15) is 0 Å². The molecule has 0 aliphatic heterocycles. The van der Waals surface area contributed by atoms with Gasteiger partial charge in [-0.15, -0.1) is 0 Å². The standard InChI is InChI=1S/C16H19NO4/c1-5-17(6-2)13-8-7-11-9-12(10(3)18)16(19)21-14(11)15(13)20-4/h7-9H,5-6H2,1-4H3. The SMILES string of the molecule is CCN(CC)c1ccc2cc(C(C)=O)c(=O)oc2c1OC. The molecule has 1 aromatic heterocycles. The van der Waals surface area contributed by atoms with E-state index in [2.05, 4.69) is 4.90 Å². The first-order valence-electron chi connectivity index (χ1n) is 6.94. The summed E-state index contributed by atoms with van der Waals surface area (Å²) in [5.74, 6) is 0.209. The summed E-state index contributed by atoms with van der Waals surface area (Å²) < 4.78 is 10.8. The van der Waals surface area contributed by atoms with Gasteiger partial charge >= 0.3 is 5.63 Å². The maximum atomic E-state index is 11.9. The zero-order chi connectivity index (χ0) is 15.6. The number of hydrogen-bond acceptors (Lipinski definition) is 5. The summed E-state index contributed by atoms with van der Waals surface area (Å²) in [6, 6.07) is 5.30. The Labute approximate surface area is 123 Å². The highest BCUT2D eigenvalue weighted by atomic mass is 16.5. The molecule has 0 unspecified atom stereocenters. The Balaban J connectivity index is 2.76. The average Bonchev–Trinajstić information content (AvgIpc) is 2.47. The van der Waals surface area contributed by atoms with E-state index < -0.39 is 5.63 Å². The van der Waals surface area contributed by atoms with Gasteiger partial charge in [0.05, 0.1) is 12.8 Å².